The second-order valence-electron chi connectivity index (χ2n) is 6.77. The van der Waals surface area contributed by atoms with Crippen molar-refractivity contribution in [2.45, 2.75) is 12.6 Å². The summed E-state index contributed by atoms with van der Waals surface area (Å²) in [7, 11) is 5.36. The number of nitrogens with zero attached hydrogens (tertiary/aromatic N) is 4. The summed E-state index contributed by atoms with van der Waals surface area (Å²) in [4.78, 5) is 11.9. The second kappa shape index (κ2) is 8.30. The second-order valence-corrected chi connectivity index (χ2v) is 7.63. The van der Waals surface area contributed by atoms with E-state index in [9.17, 15) is 0 Å². The third-order valence-electron chi connectivity index (χ3n) is 5.06. The number of hydrogen-bond acceptors (Lipinski definition) is 7. The van der Waals surface area contributed by atoms with E-state index in [-0.39, 0.29) is 6.04 Å². The first-order chi connectivity index (χ1) is 13.7. The number of nitrogens with one attached hydrogen (secondary N) is 1. The highest BCUT2D eigenvalue weighted by molar-refractivity contribution is 7.13. The van der Waals surface area contributed by atoms with E-state index in [1.807, 2.05) is 37.6 Å². The fraction of sp³-hybridized carbons (Fsp3) is 0.400. The third kappa shape index (κ3) is 3.63. The van der Waals surface area contributed by atoms with Crippen LogP contribution in [-0.4, -0.2) is 53.3 Å². The molecule has 0 saturated carbocycles. The summed E-state index contributed by atoms with van der Waals surface area (Å²) < 4.78 is 13.1. The number of hydrogen-bond donors (Lipinski definition) is 1. The van der Waals surface area contributed by atoms with Gasteiger partial charge in [0.15, 0.2) is 11.5 Å². The first kappa shape index (κ1) is 18.9. The Labute approximate surface area is 168 Å². The molecule has 0 radical (unpaired) electrons. The van der Waals surface area contributed by atoms with Crippen LogP contribution in [-0.2, 0) is 13.6 Å². The molecule has 8 heteroatoms. The molecule has 7 nitrogen and oxygen atoms in total. The molecule has 1 aromatic carbocycles. The summed E-state index contributed by atoms with van der Waals surface area (Å²) in [6.45, 7) is 3.63. The maximum atomic E-state index is 5.57. The van der Waals surface area contributed by atoms with Crippen LogP contribution in [0.2, 0.25) is 0 Å². The van der Waals surface area contributed by atoms with E-state index in [0.29, 0.717) is 5.75 Å². The molecule has 148 valence electrons. The van der Waals surface area contributed by atoms with Gasteiger partial charge in [0, 0.05) is 51.0 Å². The maximum Gasteiger partial charge on any atom is 0.170 e. The van der Waals surface area contributed by atoms with Gasteiger partial charge in [0.25, 0.3) is 0 Å². The Morgan fingerprint density at radius 3 is 2.93 bits per heavy atom. The van der Waals surface area contributed by atoms with Gasteiger partial charge in [0.1, 0.15) is 10.8 Å². The minimum absolute atomic E-state index is 0.241. The number of aryl methyl sites for hydroxylation is 1. The molecule has 1 aliphatic rings. The van der Waals surface area contributed by atoms with Crippen molar-refractivity contribution in [2.75, 3.05) is 33.9 Å². The normalized spacial score (nSPS) is 17.6. The molecule has 1 unspecified atom stereocenters. The Morgan fingerprint density at radius 1 is 1.29 bits per heavy atom. The minimum atomic E-state index is 0.241. The van der Waals surface area contributed by atoms with E-state index in [1.54, 1.807) is 25.6 Å². The molecule has 0 aliphatic carbocycles. The lowest BCUT2D eigenvalue weighted by atomic mass is 10.1. The van der Waals surface area contributed by atoms with Crippen molar-refractivity contribution in [1.82, 2.24) is 24.8 Å². The van der Waals surface area contributed by atoms with Crippen molar-refractivity contribution in [3.63, 3.8) is 0 Å². The molecule has 0 spiro atoms. The number of piperazine rings is 1. The van der Waals surface area contributed by atoms with Crippen molar-refractivity contribution in [2.24, 2.45) is 7.05 Å². The van der Waals surface area contributed by atoms with Gasteiger partial charge in [-0.15, -0.1) is 11.3 Å². The zero-order valence-corrected chi connectivity index (χ0v) is 17.2. The fourth-order valence-electron chi connectivity index (χ4n) is 3.66. The van der Waals surface area contributed by atoms with Crippen molar-refractivity contribution in [1.29, 1.82) is 0 Å². The molecule has 1 fully saturated rings. The predicted molar refractivity (Wildman–Crippen MR) is 110 cm³/mol. The average molecular weight is 400 g/mol. The zero-order valence-electron chi connectivity index (χ0n) is 16.4. The molecule has 1 atom stereocenters. The first-order valence-electron chi connectivity index (χ1n) is 9.29. The summed E-state index contributed by atoms with van der Waals surface area (Å²) >= 11 is 1.63. The highest BCUT2D eigenvalue weighted by Crippen LogP contribution is 2.39. The van der Waals surface area contributed by atoms with Gasteiger partial charge in [-0.1, -0.05) is 6.07 Å². The SMILES string of the molecule is COc1cccc(-c2nc(CN3CCNCC3c3nccn3C)cs2)c1OC. The number of aromatic nitrogens is 3. The zero-order chi connectivity index (χ0) is 19.5. The molecule has 0 amide bonds. The number of ether oxygens (including phenoxy) is 2. The van der Waals surface area contributed by atoms with Crippen molar-refractivity contribution in [3.8, 4) is 22.1 Å². The van der Waals surface area contributed by atoms with Crippen molar-refractivity contribution >= 4 is 11.3 Å². The monoisotopic (exact) mass is 399 g/mol. The molecule has 4 rings (SSSR count). The molecule has 1 N–H and O–H groups in total. The van der Waals surface area contributed by atoms with Gasteiger partial charge in [0.05, 0.1) is 31.5 Å². The Morgan fingerprint density at radius 2 is 2.18 bits per heavy atom. The van der Waals surface area contributed by atoms with Crippen LogP contribution in [0.3, 0.4) is 0 Å². The molecular formula is C20H25N5O2S. The summed E-state index contributed by atoms with van der Waals surface area (Å²) in [6.07, 6.45) is 3.86. The van der Waals surface area contributed by atoms with Gasteiger partial charge in [-0.05, 0) is 12.1 Å². The van der Waals surface area contributed by atoms with Crippen LogP contribution in [0.1, 0.15) is 17.6 Å². The summed E-state index contributed by atoms with van der Waals surface area (Å²) in [5.74, 6) is 2.52. The van der Waals surface area contributed by atoms with Gasteiger partial charge in [-0.25, -0.2) is 9.97 Å². The van der Waals surface area contributed by atoms with Crippen molar-refractivity contribution < 1.29 is 9.47 Å². The molecule has 1 aliphatic heterocycles. The van der Waals surface area contributed by atoms with E-state index < -0.39 is 0 Å². The van der Waals surface area contributed by atoms with Crippen molar-refractivity contribution in [3.05, 3.63) is 47.5 Å². The highest BCUT2D eigenvalue weighted by atomic mass is 32.1. The number of methoxy groups -OCH3 is 2. The van der Waals surface area contributed by atoms with Crippen LogP contribution >= 0.6 is 11.3 Å². The van der Waals surface area contributed by atoms with Crippen LogP contribution in [0.25, 0.3) is 10.6 Å². The molecule has 1 saturated heterocycles. The lowest BCUT2D eigenvalue weighted by Crippen LogP contribution is -2.46. The van der Waals surface area contributed by atoms with Gasteiger partial charge in [-0.3, -0.25) is 4.90 Å². The topological polar surface area (TPSA) is 64.4 Å². The van der Waals surface area contributed by atoms with Crippen LogP contribution < -0.4 is 14.8 Å². The minimum Gasteiger partial charge on any atom is -0.493 e. The Bertz CT molecular complexity index is 938. The number of imidazole rings is 1. The van der Waals surface area contributed by atoms with E-state index >= 15 is 0 Å². The Kier molecular flexibility index (Phi) is 5.61. The van der Waals surface area contributed by atoms with E-state index in [1.165, 1.54) is 0 Å². The summed E-state index contributed by atoms with van der Waals surface area (Å²) in [5, 5.41) is 6.55. The number of thiazole rings is 1. The van der Waals surface area contributed by atoms with Crippen LogP contribution in [0.4, 0.5) is 0 Å². The van der Waals surface area contributed by atoms with E-state index in [2.05, 4.69) is 25.1 Å². The summed E-state index contributed by atoms with van der Waals surface area (Å²) in [6, 6.07) is 6.12. The molecular weight excluding hydrogens is 374 g/mol. The number of benzene rings is 1. The largest absolute Gasteiger partial charge is 0.493 e. The number of rotatable bonds is 6. The quantitative estimate of drug-likeness (QED) is 0.688. The molecule has 2 aromatic heterocycles. The summed E-state index contributed by atoms with van der Waals surface area (Å²) in [5.41, 5.74) is 2.02. The maximum absolute atomic E-state index is 5.57. The average Bonchev–Trinajstić information content (AvgIpc) is 3.36. The van der Waals surface area contributed by atoms with E-state index in [0.717, 1.165) is 54.0 Å². The lowest BCUT2D eigenvalue weighted by Gasteiger charge is -2.35. The smallest absolute Gasteiger partial charge is 0.170 e. The van der Waals surface area contributed by atoms with Crippen LogP contribution in [0.15, 0.2) is 36.0 Å². The van der Waals surface area contributed by atoms with Gasteiger partial charge >= 0.3 is 0 Å². The predicted octanol–water partition coefficient (Wildman–Crippen LogP) is 2.71. The highest BCUT2D eigenvalue weighted by Gasteiger charge is 2.27. The van der Waals surface area contributed by atoms with Crippen LogP contribution in [0, 0.1) is 0 Å². The molecule has 0 bridgehead atoms. The van der Waals surface area contributed by atoms with Gasteiger partial charge in [0.2, 0.25) is 0 Å². The Balaban J connectivity index is 1.57. The Hall–Kier alpha value is -2.42. The molecule has 28 heavy (non-hydrogen) atoms. The standard InChI is InChI=1S/C20H25N5O2S/c1-24-9-8-22-19(24)16-11-21-7-10-25(16)12-14-13-28-20(23-14)15-5-4-6-17(26-2)18(15)27-3/h4-6,8-9,13,16,21H,7,10-12H2,1-3H3. The lowest BCUT2D eigenvalue weighted by molar-refractivity contribution is 0.143. The fourth-order valence-corrected chi connectivity index (χ4v) is 4.49. The van der Waals surface area contributed by atoms with Gasteiger partial charge in [-0.2, -0.15) is 0 Å². The first-order valence-corrected chi connectivity index (χ1v) is 10.2. The molecule has 3 heterocycles. The third-order valence-corrected chi connectivity index (χ3v) is 5.99. The number of para-hydroxylation sites is 1. The van der Waals surface area contributed by atoms with Gasteiger partial charge < -0.3 is 19.4 Å². The van der Waals surface area contributed by atoms with E-state index in [4.69, 9.17) is 14.5 Å². The van der Waals surface area contributed by atoms with Crippen LogP contribution in [0.5, 0.6) is 11.5 Å². The molecule has 3 aromatic rings.